The van der Waals surface area contributed by atoms with Gasteiger partial charge in [0.05, 0.1) is 11.4 Å². The minimum Gasteiger partial charge on any atom is -0.470 e. The summed E-state index contributed by atoms with van der Waals surface area (Å²) in [7, 11) is 0. The van der Waals surface area contributed by atoms with Gasteiger partial charge in [-0.2, -0.15) is 0 Å². The van der Waals surface area contributed by atoms with Crippen LogP contribution >= 0.6 is 0 Å². The fourth-order valence-electron chi connectivity index (χ4n) is 4.02. The molecule has 4 heterocycles. The van der Waals surface area contributed by atoms with Crippen molar-refractivity contribution in [2.24, 2.45) is 0 Å². The Kier molecular flexibility index (Phi) is 5.39. The van der Waals surface area contributed by atoms with Crippen molar-refractivity contribution in [1.82, 2.24) is 35.4 Å². The van der Waals surface area contributed by atoms with Gasteiger partial charge in [0, 0.05) is 38.8 Å². The highest BCUT2D eigenvalue weighted by Crippen LogP contribution is 2.20. The summed E-state index contributed by atoms with van der Waals surface area (Å²) < 4.78 is 20.7. The fraction of sp³-hybridized carbons (Fsp3) is 0.381. The quantitative estimate of drug-likeness (QED) is 0.622. The molecule has 2 aromatic heterocycles. The Hall–Kier alpha value is -3.60. The van der Waals surface area contributed by atoms with Crippen LogP contribution in [0.5, 0.6) is 5.88 Å². The molecule has 2 aliphatic rings. The van der Waals surface area contributed by atoms with E-state index in [4.69, 9.17) is 4.74 Å². The first-order chi connectivity index (χ1) is 15.6. The molecular weight excluding hydrogens is 415 g/mol. The number of benzene rings is 1. The Bertz CT molecular complexity index is 1100. The van der Waals surface area contributed by atoms with Crippen molar-refractivity contribution >= 4 is 11.7 Å². The van der Waals surface area contributed by atoms with Crippen LogP contribution in [0.1, 0.15) is 11.4 Å². The van der Waals surface area contributed by atoms with Crippen molar-refractivity contribution in [2.45, 2.75) is 19.6 Å². The average molecular weight is 438 g/mol. The van der Waals surface area contributed by atoms with Crippen molar-refractivity contribution in [3.8, 4) is 11.6 Å². The molecule has 0 spiro atoms. The van der Waals surface area contributed by atoms with Crippen molar-refractivity contribution in [1.29, 1.82) is 0 Å². The summed E-state index contributed by atoms with van der Waals surface area (Å²) in [5, 5.41) is 19.6. The lowest BCUT2D eigenvalue weighted by Gasteiger charge is -2.43. The Morgan fingerprint density at radius 3 is 2.72 bits per heavy atom. The maximum absolute atomic E-state index is 13.2. The smallest absolute Gasteiger partial charge is 0.239 e. The predicted molar refractivity (Wildman–Crippen MR) is 113 cm³/mol. The molecular formula is C21H23FN8O2. The van der Waals surface area contributed by atoms with Gasteiger partial charge in [0.1, 0.15) is 24.2 Å². The standard InChI is InChI=1S/C21H23FN8O2/c1-14-18(30(27-24-14)16-4-2-15(22)3-5-16)13-32-20-7-6-19(25-26-20)29-11-10-28-9-8-23-21(31)17(28)12-29/h2-7,17H,8-13H2,1H3,(H,23,31)/t17-/m0/s1. The van der Waals surface area contributed by atoms with Gasteiger partial charge in [-0.25, -0.2) is 9.07 Å². The summed E-state index contributed by atoms with van der Waals surface area (Å²) >= 11 is 0. The third kappa shape index (κ3) is 3.98. The Morgan fingerprint density at radius 1 is 1.09 bits per heavy atom. The van der Waals surface area contributed by atoms with E-state index in [9.17, 15) is 9.18 Å². The Labute approximate surface area is 184 Å². The molecule has 2 fully saturated rings. The number of aryl methyl sites for hydroxylation is 1. The van der Waals surface area contributed by atoms with Crippen LogP contribution in [-0.2, 0) is 11.4 Å². The molecule has 0 saturated carbocycles. The molecule has 32 heavy (non-hydrogen) atoms. The average Bonchev–Trinajstić information content (AvgIpc) is 3.19. The predicted octanol–water partition coefficient (Wildman–Crippen LogP) is 0.704. The first-order valence-electron chi connectivity index (χ1n) is 10.5. The molecule has 0 unspecified atom stereocenters. The van der Waals surface area contributed by atoms with Crippen LogP contribution in [0.15, 0.2) is 36.4 Å². The number of nitrogens with one attached hydrogen (secondary N) is 1. The van der Waals surface area contributed by atoms with Gasteiger partial charge < -0.3 is 15.0 Å². The van der Waals surface area contributed by atoms with Crippen molar-refractivity contribution in [3.05, 3.63) is 53.6 Å². The van der Waals surface area contributed by atoms with E-state index in [1.54, 1.807) is 22.9 Å². The van der Waals surface area contributed by atoms with Crippen molar-refractivity contribution < 1.29 is 13.9 Å². The number of aromatic nitrogens is 5. The zero-order valence-corrected chi connectivity index (χ0v) is 17.6. The minimum atomic E-state index is -0.315. The van der Waals surface area contributed by atoms with Gasteiger partial charge in [0.15, 0.2) is 5.82 Å². The molecule has 11 heteroatoms. The lowest BCUT2D eigenvalue weighted by atomic mass is 10.1. The molecule has 0 bridgehead atoms. The number of halogens is 1. The van der Waals surface area contributed by atoms with Gasteiger partial charge in [-0.05, 0) is 37.3 Å². The summed E-state index contributed by atoms with van der Waals surface area (Å²) in [4.78, 5) is 16.4. The van der Waals surface area contributed by atoms with Crippen LogP contribution in [0.4, 0.5) is 10.2 Å². The van der Waals surface area contributed by atoms with E-state index in [1.807, 2.05) is 13.0 Å². The molecule has 10 nitrogen and oxygen atoms in total. The van der Waals surface area contributed by atoms with Gasteiger partial charge in [0.25, 0.3) is 0 Å². The molecule has 0 aliphatic carbocycles. The van der Waals surface area contributed by atoms with E-state index >= 15 is 0 Å². The molecule has 3 aromatic rings. The highest BCUT2D eigenvalue weighted by atomic mass is 19.1. The maximum atomic E-state index is 13.2. The van der Waals surface area contributed by atoms with E-state index in [2.05, 4.69) is 35.6 Å². The number of nitrogens with zero attached hydrogens (tertiary/aromatic N) is 7. The van der Waals surface area contributed by atoms with E-state index in [-0.39, 0.29) is 24.4 Å². The number of carbonyl (C=O) groups excluding carboxylic acids is 1. The number of hydrogen-bond acceptors (Lipinski definition) is 8. The minimum absolute atomic E-state index is 0.0654. The second-order valence-corrected chi connectivity index (χ2v) is 7.82. The van der Waals surface area contributed by atoms with Gasteiger partial charge >= 0.3 is 0 Å². The SMILES string of the molecule is Cc1nnn(-c2ccc(F)cc2)c1COc1ccc(N2CCN3CCNC(=O)[C@@H]3C2)nn1. The summed E-state index contributed by atoms with van der Waals surface area (Å²) in [6.07, 6.45) is 0. The second-order valence-electron chi connectivity index (χ2n) is 7.82. The van der Waals surface area contributed by atoms with Crippen LogP contribution in [0.2, 0.25) is 0 Å². The monoisotopic (exact) mass is 438 g/mol. The third-order valence-electron chi connectivity index (χ3n) is 5.83. The van der Waals surface area contributed by atoms with Crippen LogP contribution in [0, 0.1) is 12.7 Å². The zero-order chi connectivity index (χ0) is 22.1. The van der Waals surface area contributed by atoms with Crippen LogP contribution in [0.3, 0.4) is 0 Å². The number of piperazine rings is 2. The first-order valence-corrected chi connectivity index (χ1v) is 10.5. The van der Waals surface area contributed by atoms with E-state index in [1.165, 1.54) is 12.1 Å². The number of anilines is 1. The van der Waals surface area contributed by atoms with E-state index in [0.29, 0.717) is 36.2 Å². The number of hydrogen-bond donors (Lipinski definition) is 1. The summed E-state index contributed by atoms with van der Waals surface area (Å²) in [5.74, 6) is 0.832. The maximum Gasteiger partial charge on any atom is 0.239 e. The highest BCUT2D eigenvalue weighted by molar-refractivity contribution is 5.83. The van der Waals surface area contributed by atoms with Gasteiger partial charge in [-0.1, -0.05) is 5.21 Å². The van der Waals surface area contributed by atoms with Crippen molar-refractivity contribution in [3.63, 3.8) is 0 Å². The first kappa shape index (κ1) is 20.3. The van der Waals surface area contributed by atoms with Crippen LogP contribution in [-0.4, -0.2) is 74.8 Å². The second kappa shape index (κ2) is 8.50. The van der Waals surface area contributed by atoms with Gasteiger partial charge in [-0.3, -0.25) is 9.69 Å². The third-order valence-corrected chi connectivity index (χ3v) is 5.83. The van der Waals surface area contributed by atoms with Crippen LogP contribution in [0.25, 0.3) is 5.69 Å². The number of fused-ring (bicyclic) bond motifs is 1. The molecule has 1 aromatic carbocycles. The molecule has 1 amide bonds. The highest BCUT2D eigenvalue weighted by Gasteiger charge is 2.35. The number of carbonyl (C=O) groups is 1. The molecule has 0 radical (unpaired) electrons. The molecule has 166 valence electrons. The Balaban J connectivity index is 1.25. The normalized spacial score (nSPS) is 18.9. The van der Waals surface area contributed by atoms with Gasteiger partial charge in [-0.15, -0.1) is 15.3 Å². The number of ether oxygens (including phenoxy) is 1. The lowest BCUT2D eigenvalue weighted by Crippen LogP contribution is -2.64. The molecule has 2 aliphatic heterocycles. The van der Waals surface area contributed by atoms with Crippen LogP contribution < -0.4 is 15.0 Å². The molecule has 1 atom stereocenters. The molecule has 5 rings (SSSR count). The summed E-state index contributed by atoms with van der Waals surface area (Å²) in [6.45, 7) is 5.80. The molecule has 2 saturated heterocycles. The van der Waals surface area contributed by atoms with E-state index < -0.39 is 0 Å². The largest absolute Gasteiger partial charge is 0.470 e. The van der Waals surface area contributed by atoms with Crippen molar-refractivity contribution in [2.75, 3.05) is 37.6 Å². The lowest BCUT2D eigenvalue weighted by molar-refractivity contribution is -0.129. The fourth-order valence-corrected chi connectivity index (χ4v) is 4.02. The number of rotatable bonds is 5. The zero-order valence-electron chi connectivity index (χ0n) is 17.6. The summed E-state index contributed by atoms with van der Waals surface area (Å²) in [6, 6.07) is 9.47. The molecule has 1 N–H and O–H groups in total. The topological polar surface area (TPSA) is 101 Å². The summed E-state index contributed by atoms with van der Waals surface area (Å²) in [5.41, 5.74) is 2.14. The van der Waals surface area contributed by atoms with Gasteiger partial charge in [0.2, 0.25) is 11.8 Å². The Morgan fingerprint density at radius 2 is 1.94 bits per heavy atom. The number of amides is 1. The van der Waals surface area contributed by atoms with E-state index in [0.717, 1.165) is 25.3 Å².